The summed E-state index contributed by atoms with van der Waals surface area (Å²) in [6, 6.07) is 4.13. The van der Waals surface area contributed by atoms with E-state index in [9.17, 15) is 0 Å². The van der Waals surface area contributed by atoms with Crippen LogP contribution < -0.4 is 5.73 Å². The van der Waals surface area contributed by atoms with E-state index < -0.39 is 0 Å². The molecule has 90 valence electrons. The van der Waals surface area contributed by atoms with Gasteiger partial charge < -0.3 is 10.8 Å². The lowest BCUT2D eigenvalue weighted by Gasteiger charge is -2.13. The minimum atomic E-state index is 0.152. The smallest absolute Gasteiger partial charge is 0.0471 e. The van der Waals surface area contributed by atoms with E-state index in [2.05, 4.69) is 19.9 Å². The molecule has 2 nitrogen and oxygen atoms in total. The van der Waals surface area contributed by atoms with E-state index >= 15 is 0 Å². The monoisotopic (exact) mass is 241 g/mol. The number of hydrogen-bond donors (Lipinski definition) is 2. The summed E-state index contributed by atoms with van der Waals surface area (Å²) in [5, 5.41) is 9.88. The van der Waals surface area contributed by atoms with Crippen molar-refractivity contribution in [2.75, 3.05) is 13.2 Å². The van der Waals surface area contributed by atoms with Gasteiger partial charge in [-0.2, -0.15) is 0 Å². The number of rotatable bonds is 5. The predicted molar refractivity (Wildman–Crippen MR) is 68.9 cm³/mol. The molecule has 0 aliphatic heterocycles. The fourth-order valence-corrected chi connectivity index (χ4v) is 1.99. The van der Waals surface area contributed by atoms with Crippen molar-refractivity contribution in [3.05, 3.63) is 33.8 Å². The standard InChI is InChI=1S/C13H20ClNO/c1-9-5-12(13(14)6-10(9)2)4-3-11(7-15)8-16/h5-6,11,16H,3-4,7-8,15H2,1-2H3. The molecule has 1 atom stereocenters. The lowest BCUT2D eigenvalue weighted by Crippen LogP contribution is -2.18. The molecule has 1 unspecified atom stereocenters. The van der Waals surface area contributed by atoms with Crippen LogP contribution in [0.15, 0.2) is 12.1 Å². The van der Waals surface area contributed by atoms with Gasteiger partial charge in [-0.15, -0.1) is 0 Å². The van der Waals surface area contributed by atoms with Gasteiger partial charge in [-0.25, -0.2) is 0 Å². The molecule has 3 N–H and O–H groups in total. The van der Waals surface area contributed by atoms with Gasteiger partial charge in [0.05, 0.1) is 0 Å². The Kier molecular flexibility index (Phi) is 5.26. The zero-order chi connectivity index (χ0) is 12.1. The lowest BCUT2D eigenvalue weighted by atomic mass is 9.98. The molecule has 0 amide bonds. The van der Waals surface area contributed by atoms with Crippen LogP contribution in [-0.4, -0.2) is 18.3 Å². The molecule has 0 fully saturated rings. The second-order valence-corrected chi connectivity index (χ2v) is 4.76. The Bertz CT molecular complexity index is 348. The molecule has 0 bridgehead atoms. The molecule has 0 saturated carbocycles. The van der Waals surface area contributed by atoms with Gasteiger partial charge >= 0.3 is 0 Å². The average Bonchev–Trinajstić information content (AvgIpc) is 2.26. The fraction of sp³-hybridized carbons (Fsp3) is 0.538. The van der Waals surface area contributed by atoms with Gasteiger partial charge in [0.25, 0.3) is 0 Å². The summed E-state index contributed by atoms with van der Waals surface area (Å²) >= 11 is 6.18. The predicted octanol–water partition coefficient (Wildman–Crippen LogP) is 2.46. The molecular weight excluding hydrogens is 222 g/mol. The Hall–Kier alpha value is -0.570. The van der Waals surface area contributed by atoms with Crippen LogP contribution in [0.3, 0.4) is 0 Å². The number of benzene rings is 1. The normalized spacial score (nSPS) is 12.8. The van der Waals surface area contributed by atoms with Crippen molar-refractivity contribution in [1.82, 2.24) is 0 Å². The summed E-state index contributed by atoms with van der Waals surface area (Å²) in [6.45, 7) is 4.82. The van der Waals surface area contributed by atoms with Crippen LogP contribution >= 0.6 is 11.6 Å². The summed E-state index contributed by atoms with van der Waals surface area (Å²) < 4.78 is 0. The van der Waals surface area contributed by atoms with Crippen LogP contribution in [0.4, 0.5) is 0 Å². The fourth-order valence-electron chi connectivity index (χ4n) is 1.68. The summed E-state index contributed by atoms with van der Waals surface area (Å²) in [7, 11) is 0. The third-order valence-electron chi connectivity index (χ3n) is 3.08. The van der Waals surface area contributed by atoms with E-state index in [1.54, 1.807) is 0 Å². The van der Waals surface area contributed by atoms with Crippen LogP contribution in [0.1, 0.15) is 23.1 Å². The number of nitrogens with two attached hydrogens (primary N) is 1. The van der Waals surface area contributed by atoms with E-state index in [-0.39, 0.29) is 12.5 Å². The first-order valence-electron chi connectivity index (χ1n) is 5.65. The number of aryl methyl sites for hydroxylation is 3. The van der Waals surface area contributed by atoms with Gasteiger partial charge in [-0.1, -0.05) is 17.7 Å². The van der Waals surface area contributed by atoms with Crippen LogP contribution in [0, 0.1) is 19.8 Å². The van der Waals surface area contributed by atoms with Gasteiger partial charge in [-0.05, 0) is 61.9 Å². The minimum Gasteiger partial charge on any atom is -0.396 e. The topological polar surface area (TPSA) is 46.2 Å². The number of aliphatic hydroxyl groups is 1. The summed E-state index contributed by atoms with van der Waals surface area (Å²) in [5.74, 6) is 0.178. The Morgan fingerprint density at radius 3 is 2.50 bits per heavy atom. The van der Waals surface area contributed by atoms with Crippen LogP contribution in [-0.2, 0) is 6.42 Å². The quantitative estimate of drug-likeness (QED) is 0.832. The molecule has 0 aliphatic carbocycles. The summed E-state index contributed by atoms with van der Waals surface area (Å²) in [6.07, 6.45) is 1.76. The highest BCUT2D eigenvalue weighted by atomic mass is 35.5. The van der Waals surface area contributed by atoms with E-state index in [0.717, 1.165) is 23.4 Å². The second kappa shape index (κ2) is 6.24. The first-order valence-corrected chi connectivity index (χ1v) is 6.02. The Balaban J connectivity index is 2.70. The highest BCUT2D eigenvalue weighted by Gasteiger charge is 2.08. The largest absolute Gasteiger partial charge is 0.396 e. The Morgan fingerprint density at radius 1 is 1.31 bits per heavy atom. The van der Waals surface area contributed by atoms with Crippen molar-refractivity contribution in [2.24, 2.45) is 11.7 Å². The lowest BCUT2D eigenvalue weighted by molar-refractivity contribution is 0.223. The summed E-state index contributed by atoms with van der Waals surface area (Å²) in [4.78, 5) is 0. The maximum Gasteiger partial charge on any atom is 0.0471 e. The Labute approximate surface area is 102 Å². The molecule has 1 rings (SSSR count). The van der Waals surface area contributed by atoms with E-state index in [4.69, 9.17) is 22.4 Å². The van der Waals surface area contributed by atoms with Crippen LogP contribution in [0.25, 0.3) is 0 Å². The van der Waals surface area contributed by atoms with Gasteiger partial charge in [0, 0.05) is 11.6 Å². The molecule has 16 heavy (non-hydrogen) atoms. The van der Waals surface area contributed by atoms with E-state index in [1.807, 2.05) is 6.07 Å². The SMILES string of the molecule is Cc1cc(Cl)c(CCC(CN)CO)cc1C. The molecule has 1 aromatic rings. The maximum atomic E-state index is 9.06. The first kappa shape index (κ1) is 13.5. The molecule has 0 aliphatic rings. The van der Waals surface area contributed by atoms with Gasteiger partial charge in [-0.3, -0.25) is 0 Å². The highest BCUT2D eigenvalue weighted by Crippen LogP contribution is 2.23. The molecule has 0 heterocycles. The van der Waals surface area contributed by atoms with Crippen molar-refractivity contribution in [3.8, 4) is 0 Å². The molecule has 1 aromatic carbocycles. The van der Waals surface area contributed by atoms with Crippen molar-refractivity contribution in [1.29, 1.82) is 0 Å². The zero-order valence-corrected chi connectivity index (χ0v) is 10.7. The van der Waals surface area contributed by atoms with E-state index in [0.29, 0.717) is 6.54 Å². The molecular formula is C13H20ClNO. The highest BCUT2D eigenvalue weighted by molar-refractivity contribution is 6.31. The van der Waals surface area contributed by atoms with Gasteiger partial charge in [0.15, 0.2) is 0 Å². The van der Waals surface area contributed by atoms with Crippen LogP contribution in [0.5, 0.6) is 0 Å². The van der Waals surface area contributed by atoms with E-state index in [1.165, 1.54) is 11.1 Å². The average molecular weight is 242 g/mol. The third-order valence-corrected chi connectivity index (χ3v) is 3.43. The van der Waals surface area contributed by atoms with Crippen molar-refractivity contribution < 1.29 is 5.11 Å². The minimum absolute atomic E-state index is 0.152. The van der Waals surface area contributed by atoms with Crippen LogP contribution in [0.2, 0.25) is 5.02 Å². The molecule has 0 radical (unpaired) electrons. The summed E-state index contributed by atoms with van der Waals surface area (Å²) in [5.41, 5.74) is 9.17. The van der Waals surface area contributed by atoms with Gasteiger partial charge in [0.1, 0.15) is 0 Å². The van der Waals surface area contributed by atoms with Crippen molar-refractivity contribution in [3.63, 3.8) is 0 Å². The zero-order valence-electron chi connectivity index (χ0n) is 9.96. The number of aliphatic hydroxyl groups excluding tert-OH is 1. The second-order valence-electron chi connectivity index (χ2n) is 4.35. The number of halogens is 1. The molecule has 0 spiro atoms. The third kappa shape index (κ3) is 3.48. The molecule has 0 saturated heterocycles. The molecule has 3 heteroatoms. The number of hydrogen-bond acceptors (Lipinski definition) is 2. The first-order chi connectivity index (χ1) is 7.58. The Morgan fingerprint density at radius 2 is 1.94 bits per heavy atom. The maximum absolute atomic E-state index is 9.06. The molecule has 0 aromatic heterocycles. The van der Waals surface area contributed by atoms with Crippen molar-refractivity contribution in [2.45, 2.75) is 26.7 Å². The van der Waals surface area contributed by atoms with Crippen molar-refractivity contribution >= 4 is 11.6 Å². The van der Waals surface area contributed by atoms with Gasteiger partial charge in [0.2, 0.25) is 0 Å².